The standard InChI is InChI=1S/C8H9N7S/c9-14-8(16)13-6-1-2-7(10-3-6)15-4-11-12-5-15/h1-5H,9H2,(H2,13,14,16). The van der Waals surface area contributed by atoms with E-state index < -0.39 is 0 Å². The highest BCUT2D eigenvalue weighted by atomic mass is 32.1. The lowest BCUT2D eigenvalue weighted by atomic mass is 10.4. The lowest BCUT2D eigenvalue weighted by molar-refractivity contribution is 0.991. The van der Waals surface area contributed by atoms with E-state index in [1.54, 1.807) is 23.4 Å². The van der Waals surface area contributed by atoms with Crippen LogP contribution in [-0.4, -0.2) is 24.9 Å². The number of thiocarbonyl (C=S) groups is 1. The van der Waals surface area contributed by atoms with Crippen molar-refractivity contribution in [3.63, 3.8) is 0 Å². The second-order valence-electron chi connectivity index (χ2n) is 2.87. The SMILES string of the molecule is NNC(=S)Nc1ccc(-n2cnnc2)nc1. The first kappa shape index (κ1) is 10.5. The van der Waals surface area contributed by atoms with Gasteiger partial charge in [-0.15, -0.1) is 10.2 Å². The summed E-state index contributed by atoms with van der Waals surface area (Å²) in [7, 11) is 0. The van der Waals surface area contributed by atoms with Crippen molar-refractivity contribution in [3.8, 4) is 5.82 Å². The van der Waals surface area contributed by atoms with Gasteiger partial charge in [0.25, 0.3) is 0 Å². The minimum atomic E-state index is 0.332. The van der Waals surface area contributed by atoms with Crippen molar-refractivity contribution in [3.05, 3.63) is 31.0 Å². The number of hydrazine groups is 1. The van der Waals surface area contributed by atoms with E-state index in [0.29, 0.717) is 5.11 Å². The van der Waals surface area contributed by atoms with Crippen LogP contribution in [0.15, 0.2) is 31.0 Å². The Bertz CT molecular complexity index is 464. The van der Waals surface area contributed by atoms with Crippen LogP contribution in [0.2, 0.25) is 0 Å². The highest BCUT2D eigenvalue weighted by Crippen LogP contribution is 2.08. The molecule has 2 heterocycles. The largest absolute Gasteiger partial charge is 0.330 e. The molecule has 0 saturated heterocycles. The van der Waals surface area contributed by atoms with Gasteiger partial charge in [0, 0.05) is 0 Å². The van der Waals surface area contributed by atoms with Crippen molar-refractivity contribution < 1.29 is 0 Å². The van der Waals surface area contributed by atoms with Crippen LogP contribution in [0.5, 0.6) is 0 Å². The smallest absolute Gasteiger partial charge is 0.185 e. The number of pyridine rings is 1. The highest BCUT2D eigenvalue weighted by molar-refractivity contribution is 7.80. The summed E-state index contributed by atoms with van der Waals surface area (Å²) in [6.45, 7) is 0. The first-order valence-electron chi connectivity index (χ1n) is 4.38. The fourth-order valence-corrected chi connectivity index (χ4v) is 1.22. The number of nitrogens with zero attached hydrogens (tertiary/aromatic N) is 4. The van der Waals surface area contributed by atoms with Gasteiger partial charge in [0.2, 0.25) is 0 Å². The summed E-state index contributed by atoms with van der Waals surface area (Å²) in [6, 6.07) is 3.64. The van der Waals surface area contributed by atoms with E-state index in [-0.39, 0.29) is 0 Å². The second-order valence-corrected chi connectivity index (χ2v) is 3.28. The van der Waals surface area contributed by atoms with Gasteiger partial charge in [-0.2, -0.15) is 0 Å². The maximum atomic E-state index is 5.13. The zero-order chi connectivity index (χ0) is 11.4. The monoisotopic (exact) mass is 235 g/mol. The zero-order valence-electron chi connectivity index (χ0n) is 8.16. The van der Waals surface area contributed by atoms with Gasteiger partial charge in [-0.3, -0.25) is 4.57 Å². The summed E-state index contributed by atoms with van der Waals surface area (Å²) < 4.78 is 1.70. The molecule has 0 saturated carbocycles. The molecule has 82 valence electrons. The van der Waals surface area contributed by atoms with Gasteiger partial charge < -0.3 is 10.7 Å². The third-order valence-corrected chi connectivity index (χ3v) is 2.04. The highest BCUT2D eigenvalue weighted by Gasteiger charge is 1.99. The van der Waals surface area contributed by atoms with Gasteiger partial charge in [0.15, 0.2) is 5.11 Å². The van der Waals surface area contributed by atoms with Crippen LogP contribution < -0.4 is 16.6 Å². The van der Waals surface area contributed by atoms with Crippen LogP contribution in [0.4, 0.5) is 5.69 Å². The molecule has 0 bridgehead atoms. The summed E-state index contributed by atoms with van der Waals surface area (Å²) in [6.07, 6.45) is 4.78. The molecule has 2 aromatic rings. The van der Waals surface area contributed by atoms with Gasteiger partial charge in [-0.1, -0.05) is 0 Å². The fraction of sp³-hybridized carbons (Fsp3) is 0. The van der Waals surface area contributed by atoms with E-state index in [1.807, 2.05) is 12.1 Å². The number of anilines is 1. The average molecular weight is 235 g/mol. The normalized spacial score (nSPS) is 9.81. The van der Waals surface area contributed by atoms with Crippen LogP contribution >= 0.6 is 12.2 Å². The van der Waals surface area contributed by atoms with E-state index in [4.69, 9.17) is 18.1 Å². The van der Waals surface area contributed by atoms with Crippen LogP contribution in [0.3, 0.4) is 0 Å². The van der Waals surface area contributed by atoms with Crippen LogP contribution in [-0.2, 0) is 0 Å². The Morgan fingerprint density at radius 2 is 2.06 bits per heavy atom. The van der Waals surface area contributed by atoms with E-state index in [1.165, 1.54) is 0 Å². The Hall–Kier alpha value is -2.06. The third-order valence-electron chi connectivity index (χ3n) is 1.82. The molecule has 4 N–H and O–H groups in total. The second kappa shape index (κ2) is 4.64. The summed E-state index contributed by atoms with van der Waals surface area (Å²) in [5.74, 6) is 5.86. The summed E-state index contributed by atoms with van der Waals surface area (Å²) in [5, 5.41) is 10.6. The minimum absolute atomic E-state index is 0.332. The number of hydrogen-bond acceptors (Lipinski definition) is 5. The predicted octanol–water partition coefficient (Wildman–Crippen LogP) is -0.178. The molecule has 8 heteroatoms. The van der Waals surface area contributed by atoms with Gasteiger partial charge in [0.05, 0.1) is 11.9 Å². The molecule has 0 fully saturated rings. The van der Waals surface area contributed by atoms with Gasteiger partial charge in [0.1, 0.15) is 18.5 Å². The molecular formula is C8H9N7S. The molecule has 0 spiro atoms. The Morgan fingerprint density at radius 3 is 2.62 bits per heavy atom. The molecule has 0 aliphatic carbocycles. The topological polar surface area (TPSA) is 93.7 Å². The van der Waals surface area contributed by atoms with E-state index in [2.05, 4.69) is 25.9 Å². The summed E-state index contributed by atoms with van der Waals surface area (Å²) >= 11 is 4.85. The van der Waals surface area contributed by atoms with Crippen molar-refractivity contribution in [2.24, 2.45) is 5.84 Å². The quantitative estimate of drug-likeness (QED) is 0.378. The molecule has 0 atom stereocenters. The lowest BCUT2D eigenvalue weighted by Crippen LogP contribution is -2.34. The Labute approximate surface area is 96.7 Å². The minimum Gasteiger partial charge on any atom is -0.330 e. The van der Waals surface area contributed by atoms with Crippen LogP contribution in [0.25, 0.3) is 5.82 Å². The summed E-state index contributed by atoms with van der Waals surface area (Å²) in [5.41, 5.74) is 3.07. The van der Waals surface area contributed by atoms with Crippen LogP contribution in [0.1, 0.15) is 0 Å². The maximum Gasteiger partial charge on any atom is 0.185 e. The number of nitrogens with one attached hydrogen (secondary N) is 2. The van der Waals surface area contributed by atoms with Crippen molar-refractivity contribution >= 4 is 23.0 Å². The van der Waals surface area contributed by atoms with Gasteiger partial charge in [-0.05, 0) is 24.4 Å². The van der Waals surface area contributed by atoms with Gasteiger partial charge in [-0.25, -0.2) is 10.8 Å². The van der Waals surface area contributed by atoms with E-state index in [9.17, 15) is 0 Å². The lowest BCUT2D eigenvalue weighted by Gasteiger charge is -2.06. The molecule has 2 rings (SSSR count). The van der Waals surface area contributed by atoms with Crippen molar-refractivity contribution in [1.29, 1.82) is 0 Å². The number of rotatable bonds is 2. The molecule has 2 aromatic heterocycles. The van der Waals surface area contributed by atoms with Crippen molar-refractivity contribution in [2.45, 2.75) is 0 Å². The molecule has 0 aliphatic heterocycles. The predicted molar refractivity (Wildman–Crippen MR) is 62.7 cm³/mol. The molecule has 0 aromatic carbocycles. The third kappa shape index (κ3) is 2.30. The van der Waals surface area contributed by atoms with Crippen molar-refractivity contribution in [1.82, 2.24) is 25.2 Å². The summed E-state index contributed by atoms with van der Waals surface area (Å²) in [4.78, 5) is 4.20. The first-order valence-corrected chi connectivity index (χ1v) is 4.79. The van der Waals surface area contributed by atoms with E-state index >= 15 is 0 Å². The molecular weight excluding hydrogens is 226 g/mol. The zero-order valence-corrected chi connectivity index (χ0v) is 8.98. The van der Waals surface area contributed by atoms with Gasteiger partial charge >= 0.3 is 0 Å². The Kier molecular flexibility index (Phi) is 3.03. The maximum absolute atomic E-state index is 5.13. The Morgan fingerprint density at radius 1 is 1.31 bits per heavy atom. The molecule has 0 amide bonds. The number of hydrogen-bond donors (Lipinski definition) is 3. The Balaban J connectivity index is 2.14. The van der Waals surface area contributed by atoms with E-state index in [0.717, 1.165) is 11.5 Å². The molecule has 0 aliphatic rings. The van der Waals surface area contributed by atoms with Crippen LogP contribution in [0, 0.1) is 0 Å². The molecule has 7 nitrogen and oxygen atoms in total. The number of nitrogens with two attached hydrogens (primary N) is 1. The molecule has 0 radical (unpaired) electrons. The van der Waals surface area contributed by atoms with Crippen molar-refractivity contribution in [2.75, 3.05) is 5.32 Å². The average Bonchev–Trinajstić information content (AvgIpc) is 2.83. The number of aromatic nitrogens is 4. The molecule has 16 heavy (non-hydrogen) atoms. The first-order chi connectivity index (χ1) is 7.79. The molecule has 0 unspecified atom stereocenters. The fourth-order valence-electron chi connectivity index (χ4n) is 1.10.